The number of carbonyl (C=O) groups excluding carboxylic acids is 1. The molecule has 0 aliphatic heterocycles. The molecule has 0 bridgehead atoms. The Hall–Kier alpha value is -2.09. The Morgan fingerprint density at radius 2 is 2.08 bits per heavy atom. The van der Waals surface area contributed by atoms with Crippen LogP contribution in [0.25, 0.3) is 5.69 Å². The maximum Gasteiger partial charge on any atom is 0.230 e. The lowest BCUT2D eigenvalue weighted by atomic mass is 9.78. The largest absolute Gasteiger partial charge is 0.508 e. The Bertz CT molecular complexity index is 718. The molecular formula is C17H23N5O2S. The van der Waals surface area contributed by atoms with E-state index in [-0.39, 0.29) is 23.5 Å². The van der Waals surface area contributed by atoms with Crippen LogP contribution in [0.15, 0.2) is 29.4 Å². The molecule has 1 amide bonds. The topological polar surface area (TPSA) is 92.9 Å². The molecule has 0 saturated heterocycles. The second kappa shape index (κ2) is 7.86. The molecule has 1 heterocycles. The van der Waals surface area contributed by atoms with Gasteiger partial charge in [-0.05, 0) is 52.9 Å². The van der Waals surface area contributed by atoms with Gasteiger partial charge >= 0.3 is 0 Å². The van der Waals surface area contributed by atoms with Crippen LogP contribution in [0, 0.1) is 11.8 Å². The smallest absolute Gasteiger partial charge is 0.230 e. The first kappa shape index (κ1) is 17.7. The molecule has 7 nitrogen and oxygen atoms in total. The normalized spacial score (nSPS) is 23.4. The number of nitrogens with one attached hydrogen (secondary N) is 1. The molecule has 1 fully saturated rings. The summed E-state index contributed by atoms with van der Waals surface area (Å²) in [5.74, 6) is 1.62. The maximum absolute atomic E-state index is 12.3. The van der Waals surface area contributed by atoms with E-state index < -0.39 is 0 Å². The summed E-state index contributed by atoms with van der Waals surface area (Å²) in [6.45, 7) is 4.47. The highest BCUT2D eigenvalue weighted by molar-refractivity contribution is 7.99. The van der Waals surface area contributed by atoms with Crippen molar-refractivity contribution in [1.82, 2.24) is 25.5 Å². The molecule has 1 aromatic heterocycles. The van der Waals surface area contributed by atoms with Crippen molar-refractivity contribution in [3.63, 3.8) is 0 Å². The predicted octanol–water partition coefficient (Wildman–Crippen LogP) is 2.40. The van der Waals surface area contributed by atoms with Gasteiger partial charge in [0.1, 0.15) is 5.75 Å². The van der Waals surface area contributed by atoms with Gasteiger partial charge in [-0.3, -0.25) is 4.79 Å². The van der Waals surface area contributed by atoms with Gasteiger partial charge in [0.25, 0.3) is 0 Å². The number of rotatable bonds is 5. The Labute approximate surface area is 151 Å². The number of thioether (sulfide) groups is 1. The number of aromatic hydroxyl groups is 1. The van der Waals surface area contributed by atoms with Crippen molar-refractivity contribution in [2.75, 3.05) is 5.75 Å². The summed E-state index contributed by atoms with van der Waals surface area (Å²) in [7, 11) is 0. The van der Waals surface area contributed by atoms with Gasteiger partial charge in [-0.1, -0.05) is 38.5 Å². The zero-order valence-corrected chi connectivity index (χ0v) is 15.2. The van der Waals surface area contributed by atoms with E-state index in [9.17, 15) is 9.90 Å². The summed E-state index contributed by atoms with van der Waals surface area (Å²) < 4.78 is 1.56. The summed E-state index contributed by atoms with van der Waals surface area (Å²) in [6.07, 6.45) is 3.46. The van der Waals surface area contributed by atoms with Crippen molar-refractivity contribution < 1.29 is 9.90 Å². The van der Waals surface area contributed by atoms with E-state index in [1.807, 2.05) is 0 Å². The number of carbonyl (C=O) groups is 1. The lowest BCUT2D eigenvalue weighted by Gasteiger charge is -2.34. The van der Waals surface area contributed by atoms with Crippen molar-refractivity contribution in [2.45, 2.75) is 44.3 Å². The van der Waals surface area contributed by atoms with E-state index in [0.717, 1.165) is 12.1 Å². The van der Waals surface area contributed by atoms with Gasteiger partial charge in [0.15, 0.2) is 0 Å². The Morgan fingerprint density at radius 3 is 2.84 bits per heavy atom. The van der Waals surface area contributed by atoms with E-state index in [1.165, 1.54) is 24.6 Å². The molecule has 2 aromatic rings. The average molecular weight is 361 g/mol. The number of phenolic OH excluding ortho intramolecular Hbond substituents is 1. The highest BCUT2D eigenvalue weighted by Crippen LogP contribution is 2.29. The Kier molecular flexibility index (Phi) is 5.57. The van der Waals surface area contributed by atoms with Crippen molar-refractivity contribution in [3.05, 3.63) is 24.3 Å². The first-order chi connectivity index (χ1) is 12.0. The zero-order chi connectivity index (χ0) is 17.8. The van der Waals surface area contributed by atoms with Gasteiger partial charge in [-0.2, -0.15) is 4.68 Å². The number of aromatic nitrogens is 4. The third kappa shape index (κ3) is 4.31. The lowest BCUT2D eigenvalue weighted by molar-refractivity contribution is -0.120. The summed E-state index contributed by atoms with van der Waals surface area (Å²) in [6, 6.07) is 6.85. The molecule has 1 aromatic carbocycles. The first-order valence-electron chi connectivity index (χ1n) is 8.54. The van der Waals surface area contributed by atoms with Gasteiger partial charge in [0, 0.05) is 6.04 Å². The van der Waals surface area contributed by atoms with E-state index >= 15 is 0 Å². The molecular weight excluding hydrogens is 338 g/mol. The molecule has 134 valence electrons. The molecule has 1 aliphatic carbocycles. The SMILES string of the molecule is CC1CCCC(NC(=O)CSc2nnnn2-c2ccc(O)cc2)C1C. The second-order valence-corrected chi connectivity index (χ2v) is 7.56. The average Bonchev–Trinajstić information content (AvgIpc) is 3.06. The third-order valence-corrected chi connectivity index (χ3v) is 5.84. The van der Waals surface area contributed by atoms with Crippen LogP contribution in [0.3, 0.4) is 0 Å². The Morgan fingerprint density at radius 1 is 1.32 bits per heavy atom. The minimum atomic E-state index is 0.0104. The molecule has 3 unspecified atom stereocenters. The molecule has 3 rings (SSSR count). The van der Waals surface area contributed by atoms with Crippen LogP contribution in [-0.4, -0.2) is 43.0 Å². The van der Waals surface area contributed by atoms with Crippen molar-refractivity contribution >= 4 is 17.7 Å². The minimum Gasteiger partial charge on any atom is -0.508 e. The van der Waals surface area contributed by atoms with Gasteiger partial charge in [0.2, 0.25) is 11.1 Å². The van der Waals surface area contributed by atoms with Crippen LogP contribution < -0.4 is 5.32 Å². The molecule has 25 heavy (non-hydrogen) atoms. The molecule has 1 saturated carbocycles. The number of hydrogen-bond acceptors (Lipinski definition) is 6. The van der Waals surface area contributed by atoms with E-state index in [1.54, 1.807) is 28.9 Å². The maximum atomic E-state index is 12.3. The molecule has 1 aliphatic rings. The van der Waals surface area contributed by atoms with E-state index in [2.05, 4.69) is 34.7 Å². The molecule has 0 radical (unpaired) electrons. The molecule has 2 N–H and O–H groups in total. The molecule has 0 spiro atoms. The fraction of sp³-hybridized carbons (Fsp3) is 0.529. The van der Waals surface area contributed by atoms with E-state index in [0.29, 0.717) is 17.0 Å². The zero-order valence-electron chi connectivity index (χ0n) is 14.4. The summed E-state index contributed by atoms with van der Waals surface area (Å²) in [5, 5.41) is 24.7. The monoisotopic (exact) mass is 361 g/mol. The third-order valence-electron chi connectivity index (χ3n) is 4.92. The molecule has 3 atom stereocenters. The second-order valence-electron chi connectivity index (χ2n) is 6.62. The van der Waals surface area contributed by atoms with Gasteiger partial charge in [-0.25, -0.2) is 0 Å². The summed E-state index contributed by atoms with van der Waals surface area (Å²) in [5.41, 5.74) is 0.737. The van der Waals surface area contributed by atoms with Crippen molar-refractivity contribution in [1.29, 1.82) is 0 Å². The summed E-state index contributed by atoms with van der Waals surface area (Å²) >= 11 is 1.30. The van der Waals surface area contributed by atoms with Gasteiger partial charge in [-0.15, -0.1) is 5.10 Å². The van der Waals surface area contributed by atoms with Crippen molar-refractivity contribution in [3.8, 4) is 11.4 Å². The van der Waals surface area contributed by atoms with Crippen LogP contribution in [0.5, 0.6) is 5.75 Å². The van der Waals surface area contributed by atoms with Crippen LogP contribution in [-0.2, 0) is 4.79 Å². The van der Waals surface area contributed by atoms with Gasteiger partial charge in [0.05, 0.1) is 11.4 Å². The van der Waals surface area contributed by atoms with Crippen LogP contribution in [0.4, 0.5) is 0 Å². The number of phenols is 1. The van der Waals surface area contributed by atoms with E-state index in [4.69, 9.17) is 0 Å². The first-order valence-corrected chi connectivity index (χ1v) is 9.53. The summed E-state index contributed by atoms with van der Waals surface area (Å²) in [4.78, 5) is 12.3. The quantitative estimate of drug-likeness (QED) is 0.795. The fourth-order valence-electron chi connectivity index (χ4n) is 3.19. The number of amides is 1. The molecule has 8 heteroatoms. The predicted molar refractivity (Wildman–Crippen MR) is 95.7 cm³/mol. The van der Waals surface area contributed by atoms with Crippen LogP contribution in [0.2, 0.25) is 0 Å². The number of benzene rings is 1. The standard InChI is InChI=1S/C17H23N5O2S/c1-11-4-3-5-15(12(11)2)18-16(24)10-25-17-19-20-21-22(17)13-6-8-14(23)9-7-13/h6-9,11-12,15,23H,3-5,10H2,1-2H3,(H,18,24). The van der Waals surface area contributed by atoms with Crippen LogP contribution in [0.1, 0.15) is 33.1 Å². The lowest BCUT2D eigenvalue weighted by Crippen LogP contribution is -2.44. The number of nitrogens with zero attached hydrogens (tertiary/aromatic N) is 4. The number of tetrazole rings is 1. The highest BCUT2D eigenvalue weighted by atomic mass is 32.2. The number of hydrogen-bond donors (Lipinski definition) is 2. The highest BCUT2D eigenvalue weighted by Gasteiger charge is 2.28. The van der Waals surface area contributed by atoms with Gasteiger partial charge < -0.3 is 10.4 Å². The minimum absolute atomic E-state index is 0.0104. The van der Waals surface area contributed by atoms with Crippen LogP contribution >= 0.6 is 11.8 Å². The fourth-order valence-corrected chi connectivity index (χ4v) is 3.89. The van der Waals surface area contributed by atoms with Crippen molar-refractivity contribution in [2.24, 2.45) is 11.8 Å². The Balaban J connectivity index is 1.58.